The number of rotatable bonds is 5. The molecule has 0 aliphatic carbocycles. The number of hydrogen-bond donors (Lipinski definition) is 0. The van der Waals surface area contributed by atoms with Gasteiger partial charge in [0, 0.05) is 37.7 Å². The van der Waals surface area contributed by atoms with E-state index in [1.54, 1.807) is 6.20 Å². The number of pyridine rings is 1. The highest BCUT2D eigenvalue weighted by Crippen LogP contribution is 2.29. The molecule has 0 radical (unpaired) electrons. The largest absolute Gasteiger partial charge is 0.374 e. The predicted molar refractivity (Wildman–Crippen MR) is 94.2 cm³/mol. The molecule has 0 N–H and O–H groups in total. The van der Waals surface area contributed by atoms with Crippen molar-refractivity contribution >= 4 is 17.3 Å². The Labute approximate surface area is 137 Å². The fourth-order valence-corrected chi connectivity index (χ4v) is 2.99. The van der Waals surface area contributed by atoms with Crippen molar-refractivity contribution in [3.8, 4) is 0 Å². The maximum Gasteiger partial charge on any atom is 0.276 e. The van der Waals surface area contributed by atoms with E-state index in [2.05, 4.69) is 29.9 Å². The number of nitrogens with zero attached hydrogens (tertiary/aromatic N) is 3. The van der Waals surface area contributed by atoms with Crippen molar-refractivity contribution in [2.24, 2.45) is 0 Å². The van der Waals surface area contributed by atoms with E-state index in [4.69, 9.17) is 0 Å². The SMILES string of the molecule is CCCCN(C)c1ccnc(C(=O)N2CCc3ccccc32)c1. The summed E-state index contributed by atoms with van der Waals surface area (Å²) in [7, 11) is 2.06. The van der Waals surface area contributed by atoms with Gasteiger partial charge >= 0.3 is 0 Å². The second-order valence-electron chi connectivity index (χ2n) is 6.01. The van der Waals surface area contributed by atoms with Crippen LogP contribution in [0.2, 0.25) is 0 Å². The fourth-order valence-electron chi connectivity index (χ4n) is 2.99. The topological polar surface area (TPSA) is 36.4 Å². The van der Waals surface area contributed by atoms with Gasteiger partial charge in [-0.25, -0.2) is 0 Å². The number of unbranched alkanes of at least 4 members (excludes halogenated alkanes) is 1. The van der Waals surface area contributed by atoms with Gasteiger partial charge < -0.3 is 9.80 Å². The third-order valence-electron chi connectivity index (χ3n) is 4.38. The Bertz CT molecular complexity index is 699. The zero-order valence-electron chi connectivity index (χ0n) is 13.8. The van der Waals surface area contributed by atoms with Gasteiger partial charge in [-0.15, -0.1) is 0 Å². The lowest BCUT2D eigenvalue weighted by molar-refractivity contribution is 0.0984. The van der Waals surface area contributed by atoms with Crippen molar-refractivity contribution in [1.82, 2.24) is 4.98 Å². The third kappa shape index (κ3) is 3.21. The lowest BCUT2D eigenvalue weighted by Gasteiger charge is -2.21. The summed E-state index contributed by atoms with van der Waals surface area (Å²) >= 11 is 0. The summed E-state index contributed by atoms with van der Waals surface area (Å²) < 4.78 is 0. The van der Waals surface area contributed by atoms with Crippen LogP contribution >= 0.6 is 0 Å². The standard InChI is InChI=1S/C19H23N3O/c1-3-4-12-21(2)16-9-11-20-17(14-16)19(23)22-13-10-15-7-5-6-8-18(15)22/h5-9,11,14H,3-4,10,12-13H2,1-2H3. The minimum Gasteiger partial charge on any atom is -0.374 e. The van der Waals surface area contributed by atoms with E-state index in [0.29, 0.717) is 5.69 Å². The van der Waals surface area contributed by atoms with Crippen LogP contribution in [0.15, 0.2) is 42.6 Å². The summed E-state index contributed by atoms with van der Waals surface area (Å²) in [5, 5.41) is 0. The molecular weight excluding hydrogens is 286 g/mol. The molecule has 1 aromatic heterocycles. The summed E-state index contributed by atoms with van der Waals surface area (Å²) in [5.74, 6) is -0.0132. The van der Waals surface area contributed by atoms with Gasteiger partial charge in [-0.1, -0.05) is 31.5 Å². The number of anilines is 2. The van der Waals surface area contributed by atoms with E-state index >= 15 is 0 Å². The molecule has 4 nitrogen and oxygen atoms in total. The number of benzene rings is 1. The molecule has 1 aromatic carbocycles. The van der Waals surface area contributed by atoms with Crippen LogP contribution in [-0.4, -0.2) is 31.0 Å². The average molecular weight is 309 g/mol. The van der Waals surface area contributed by atoms with Crippen LogP contribution in [0.3, 0.4) is 0 Å². The maximum atomic E-state index is 12.8. The van der Waals surface area contributed by atoms with Crippen LogP contribution in [0.4, 0.5) is 11.4 Å². The molecular formula is C19H23N3O. The Morgan fingerprint density at radius 3 is 2.96 bits per heavy atom. The minimum atomic E-state index is -0.0132. The van der Waals surface area contributed by atoms with Crippen molar-refractivity contribution in [1.29, 1.82) is 0 Å². The van der Waals surface area contributed by atoms with Crippen LogP contribution in [0, 0.1) is 0 Å². The van der Waals surface area contributed by atoms with Gasteiger partial charge in [0.15, 0.2) is 0 Å². The monoisotopic (exact) mass is 309 g/mol. The van der Waals surface area contributed by atoms with Crippen molar-refractivity contribution in [2.45, 2.75) is 26.2 Å². The highest BCUT2D eigenvalue weighted by atomic mass is 16.2. The Morgan fingerprint density at radius 2 is 2.13 bits per heavy atom. The minimum absolute atomic E-state index is 0.0132. The number of amides is 1. The first-order valence-electron chi connectivity index (χ1n) is 8.27. The van der Waals surface area contributed by atoms with E-state index in [1.165, 1.54) is 5.56 Å². The molecule has 0 bridgehead atoms. The van der Waals surface area contributed by atoms with Gasteiger partial charge in [0.05, 0.1) is 0 Å². The molecule has 0 fully saturated rings. The smallest absolute Gasteiger partial charge is 0.276 e. The van der Waals surface area contributed by atoms with E-state index in [9.17, 15) is 4.79 Å². The van der Waals surface area contributed by atoms with Gasteiger partial charge in [-0.3, -0.25) is 9.78 Å². The summed E-state index contributed by atoms with van der Waals surface area (Å²) in [6.07, 6.45) is 4.94. The maximum absolute atomic E-state index is 12.8. The van der Waals surface area contributed by atoms with E-state index in [1.807, 2.05) is 35.2 Å². The first kappa shape index (κ1) is 15.5. The zero-order chi connectivity index (χ0) is 16.2. The van der Waals surface area contributed by atoms with Crippen LogP contribution in [-0.2, 0) is 6.42 Å². The molecule has 2 aromatic rings. The van der Waals surface area contributed by atoms with Gasteiger partial charge in [-0.2, -0.15) is 0 Å². The van der Waals surface area contributed by atoms with Gasteiger partial charge in [0.25, 0.3) is 5.91 Å². The molecule has 0 saturated carbocycles. The molecule has 23 heavy (non-hydrogen) atoms. The molecule has 0 saturated heterocycles. The Balaban J connectivity index is 1.81. The second-order valence-corrected chi connectivity index (χ2v) is 6.01. The summed E-state index contributed by atoms with van der Waals surface area (Å²) in [6.45, 7) is 3.90. The number of hydrogen-bond acceptors (Lipinski definition) is 3. The van der Waals surface area contributed by atoms with Gasteiger partial charge in [0.1, 0.15) is 5.69 Å². The van der Waals surface area contributed by atoms with Crippen LogP contribution < -0.4 is 9.80 Å². The van der Waals surface area contributed by atoms with Crippen molar-refractivity contribution in [3.05, 3.63) is 53.9 Å². The van der Waals surface area contributed by atoms with Gasteiger partial charge in [0.2, 0.25) is 0 Å². The van der Waals surface area contributed by atoms with Crippen molar-refractivity contribution < 1.29 is 4.79 Å². The number of carbonyl (C=O) groups excluding carboxylic acids is 1. The van der Waals surface area contributed by atoms with Gasteiger partial charge in [-0.05, 0) is 36.6 Å². The Hall–Kier alpha value is -2.36. The summed E-state index contributed by atoms with van der Waals surface area (Å²) in [5.41, 5.74) is 3.81. The summed E-state index contributed by atoms with van der Waals surface area (Å²) in [4.78, 5) is 21.2. The highest BCUT2D eigenvalue weighted by molar-refractivity contribution is 6.06. The Kier molecular flexibility index (Phi) is 4.60. The molecule has 1 aliphatic rings. The summed E-state index contributed by atoms with van der Waals surface area (Å²) in [6, 6.07) is 12.0. The molecule has 120 valence electrons. The highest BCUT2D eigenvalue weighted by Gasteiger charge is 2.26. The second kappa shape index (κ2) is 6.82. The number of aromatic nitrogens is 1. The van der Waals surface area contributed by atoms with Crippen molar-refractivity contribution in [3.63, 3.8) is 0 Å². The normalized spacial score (nSPS) is 13.0. The molecule has 0 unspecified atom stereocenters. The van der Waals surface area contributed by atoms with Crippen LogP contribution in [0.25, 0.3) is 0 Å². The van der Waals surface area contributed by atoms with Crippen LogP contribution in [0.5, 0.6) is 0 Å². The zero-order valence-corrected chi connectivity index (χ0v) is 13.8. The number of para-hydroxylation sites is 1. The van der Waals surface area contributed by atoms with E-state index < -0.39 is 0 Å². The molecule has 1 aliphatic heterocycles. The number of carbonyl (C=O) groups is 1. The molecule has 4 heteroatoms. The number of fused-ring (bicyclic) bond motifs is 1. The van der Waals surface area contributed by atoms with Crippen molar-refractivity contribution in [2.75, 3.05) is 29.9 Å². The predicted octanol–water partition coefficient (Wildman–Crippen LogP) is 3.52. The lowest BCUT2D eigenvalue weighted by atomic mass is 10.2. The quantitative estimate of drug-likeness (QED) is 0.848. The molecule has 0 atom stereocenters. The molecule has 3 rings (SSSR count). The fraction of sp³-hybridized carbons (Fsp3) is 0.368. The van der Waals surface area contributed by atoms with Crippen LogP contribution in [0.1, 0.15) is 35.8 Å². The molecule has 1 amide bonds. The molecule has 2 heterocycles. The Morgan fingerprint density at radius 1 is 1.30 bits per heavy atom. The molecule has 0 spiro atoms. The average Bonchev–Trinajstić information content (AvgIpc) is 3.03. The first-order valence-corrected chi connectivity index (χ1v) is 8.27. The lowest BCUT2D eigenvalue weighted by Crippen LogP contribution is -2.30. The third-order valence-corrected chi connectivity index (χ3v) is 4.38. The first-order chi connectivity index (χ1) is 11.2. The van der Waals surface area contributed by atoms with E-state index in [0.717, 1.165) is 43.7 Å². The van der Waals surface area contributed by atoms with E-state index in [-0.39, 0.29) is 5.91 Å².